The summed E-state index contributed by atoms with van der Waals surface area (Å²) >= 11 is 0. The topological polar surface area (TPSA) is 27.7 Å². The van der Waals surface area contributed by atoms with Gasteiger partial charge in [0, 0.05) is 13.7 Å². The predicted octanol–water partition coefficient (Wildman–Crippen LogP) is 1.75. The van der Waals surface area contributed by atoms with Gasteiger partial charge in [0.1, 0.15) is 0 Å². The van der Waals surface area contributed by atoms with E-state index in [1.54, 1.807) is 7.11 Å². The summed E-state index contributed by atoms with van der Waals surface area (Å²) in [5, 5.41) is 0. The summed E-state index contributed by atoms with van der Waals surface area (Å²) in [5.41, 5.74) is 0. The van der Waals surface area contributed by atoms with Crippen LogP contribution in [0, 0.1) is 0 Å². The average molecular weight is 200 g/mol. The molecule has 0 saturated carbocycles. The minimum absolute atomic E-state index is 0.325. The fourth-order valence-electron chi connectivity index (χ4n) is 2.39. The largest absolute Gasteiger partial charge is 0.382 e. The van der Waals surface area contributed by atoms with Gasteiger partial charge in [0.25, 0.3) is 0 Å². The molecule has 3 heteroatoms. The molecule has 0 aromatic heterocycles. The third kappa shape index (κ3) is 2.69. The van der Waals surface area contributed by atoms with Crippen LogP contribution in [0.2, 0.25) is 0 Å². The second-order valence-electron chi connectivity index (χ2n) is 4.28. The van der Waals surface area contributed by atoms with Crippen molar-refractivity contribution in [3.05, 3.63) is 0 Å². The molecule has 0 aromatic carbocycles. The van der Waals surface area contributed by atoms with E-state index < -0.39 is 0 Å². The van der Waals surface area contributed by atoms with Crippen molar-refractivity contribution in [3.8, 4) is 0 Å². The van der Waals surface area contributed by atoms with Crippen molar-refractivity contribution < 1.29 is 14.2 Å². The van der Waals surface area contributed by atoms with Crippen molar-refractivity contribution in [1.29, 1.82) is 0 Å². The predicted molar refractivity (Wildman–Crippen MR) is 53.4 cm³/mol. The molecule has 14 heavy (non-hydrogen) atoms. The molecule has 0 amide bonds. The maximum atomic E-state index is 5.86. The molecular weight excluding hydrogens is 180 g/mol. The van der Waals surface area contributed by atoms with Gasteiger partial charge in [-0.25, -0.2) is 0 Å². The van der Waals surface area contributed by atoms with Crippen LogP contribution in [0.5, 0.6) is 0 Å². The molecule has 3 unspecified atom stereocenters. The molecule has 0 aliphatic carbocycles. The lowest BCUT2D eigenvalue weighted by Crippen LogP contribution is -2.20. The molecule has 0 spiro atoms. The summed E-state index contributed by atoms with van der Waals surface area (Å²) in [5.74, 6) is 0. The van der Waals surface area contributed by atoms with Crippen molar-refractivity contribution in [2.24, 2.45) is 0 Å². The van der Waals surface area contributed by atoms with E-state index in [9.17, 15) is 0 Å². The zero-order valence-electron chi connectivity index (χ0n) is 8.91. The maximum Gasteiger partial charge on any atom is 0.0813 e. The first-order chi connectivity index (χ1) is 6.88. The number of ether oxygens (including phenoxy) is 3. The van der Waals surface area contributed by atoms with Gasteiger partial charge >= 0.3 is 0 Å². The SMILES string of the molecule is COCC1CCC(CC2CCCO2)O1. The Bertz CT molecular complexity index is 166. The summed E-state index contributed by atoms with van der Waals surface area (Å²) in [7, 11) is 1.73. The van der Waals surface area contributed by atoms with Gasteiger partial charge in [0.05, 0.1) is 24.9 Å². The van der Waals surface area contributed by atoms with Crippen molar-refractivity contribution in [2.75, 3.05) is 20.3 Å². The van der Waals surface area contributed by atoms with Crippen molar-refractivity contribution in [1.82, 2.24) is 0 Å². The zero-order chi connectivity index (χ0) is 9.80. The van der Waals surface area contributed by atoms with Gasteiger partial charge in [0.2, 0.25) is 0 Å². The first kappa shape index (κ1) is 10.4. The Labute approximate surface area is 85.7 Å². The molecule has 2 fully saturated rings. The van der Waals surface area contributed by atoms with Crippen LogP contribution in [-0.2, 0) is 14.2 Å². The van der Waals surface area contributed by atoms with Crippen LogP contribution in [-0.4, -0.2) is 38.6 Å². The smallest absolute Gasteiger partial charge is 0.0813 e. The lowest BCUT2D eigenvalue weighted by Gasteiger charge is -2.16. The van der Waals surface area contributed by atoms with E-state index in [-0.39, 0.29) is 0 Å². The van der Waals surface area contributed by atoms with Crippen molar-refractivity contribution >= 4 is 0 Å². The summed E-state index contributed by atoms with van der Waals surface area (Å²) in [4.78, 5) is 0. The summed E-state index contributed by atoms with van der Waals surface area (Å²) in [6.45, 7) is 1.68. The van der Waals surface area contributed by atoms with Gasteiger partial charge in [-0.05, 0) is 32.1 Å². The monoisotopic (exact) mass is 200 g/mol. The number of hydrogen-bond donors (Lipinski definition) is 0. The Hall–Kier alpha value is -0.120. The molecule has 0 bridgehead atoms. The molecule has 82 valence electrons. The van der Waals surface area contributed by atoms with Crippen molar-refractivity contribution in [2.45, 2.75) is 50.4 Å². The first-order valence-electron chi connectivity index (χ1n) is 5.64. The van der Waals surface area contributed by atoms with E-state index >= 15 is 0 Å². The van der Waals surface area contributed by atoms with E-state index in [1.165, 1.54) is 19.3 Å². The van der Waals surface area contributed by atoms with Crippen LogP contribution >= 0.6 is 0 Å². The molecule has 2 aliphatic heterocycles. The minimum Gasteiger partial charge on any atom is -0.382 e. The van der Waals surface area contributed by atoms with E-state index in [1.807, 2.05) is 0 Å². The Morgan fingerprint density at radius 3 is 2.71 bits per heavy atom. The van der Waals surface area contributed by atoms with Gasteiger partial charge < -0.3 is 14.2 Å². The van der Waals surface area contributed by atoms with Crippen LogP contribution in [0.15, 0.2) is 0 Å². The quantitative estimate of drug-likeness (QED) is 0.692. The highest BCUT2D eigenvalue weighted by molar-refractivity contribution is 4.78. The van der Waals surface area contributed by atoms with Crippen LogP contribution in [0.4, 0.5) is 0 Å². The first-order valence-corrected chi connectivity index (χ1v) is 5.64. The molecule has 3 atom stereocenters. The fraction of sp³-hybridized carbons (Fsp3) is 1.00. The van der Waals surface area contributed by atoms with Crippen molar-refractivity contribution in [3.63, 3.8) is 0 Å². The normalized spacial score (nSPS) is 37.9. The average Bonchev–Trinajstić information content (AvgIpc) is 2.79. The molecule has 0 aromatic rings. The molecule has 3 nitrogen and oxygen atoms in total. The van der Waals surface area contributed by atoms with Gasteiger partial charge in [-0.15, -0.1) is 0 Å². The maximum absolute atomic E-state index is 5.86. The van der Waals surface area contributed by atoms with Crippen LogP contribution in [0.25, 0.3) is 0 Å². The van der Waals surface area contributed by atoms with Crippen LogP contribution in [0.1, 0.15) is 32.1 Å². The molecule has 2 aliphatic rings. The Morgan fingerprint density at radius 2 is 2.00 bits per heavy atom. The van der Waals surface area contributed by atoms with Gasteiger partial charge in [-0.1, -0.05) is 0 Å². The van der Waals surface area contributed by atoms with Crippen LogP contribution in [0.3, 0.4) is 0 Å². The minimum atomic E-state index is 0.325. The lowest BCUT2D eigenvalue weighted by atomic mass is 10.1. The number of rotatable bonds is 4. The van der Waals surface area contributed by atoms with Crippen LogP contribution < -0.4 is 0 Å². The fourth-order valence-corrected chi connectivity index (χ4v) is 2.39. The number of hydrogen-bond acceptors (Lipinski definition) is 3. The standard InChI is InChI=1S/C11H20O3/c1-12-8-11-5-4-10(14-11)7-9-3-2-6-13-9/h9-11H,2-8H2,1H3. The summed E-state index contributed by atoms with van der Waals surface area (Å²) in [6.07, 6.45) is 7.04. The molecule has 2 saturated heterocycles. The summed E-state index contributed by atoms with van der Waals surface area (Å²) in [6, 6.07) is 0. The summed E-state index contributed by atoms with van der Waals surface area (Å²) < 4.78 is 16.5. The molecule has 2 rings (SSSR count). The molecule has 0 N–H and O–H groups in total. The highest BCUT2D eigenvalue weighted by Crippen LogP contribution is 2.27. The third-order valence-corrected chi connectivity index (χ3v) is 3.10. The third-order valence-electron chi connectivity index (χ3n) is 3.10. The lowest BCUT2D eigenvalue weighted by molar-refractivity contribution is -0.0236. The molecule has 0 radical (unpaired) electrons. The van der Waals surface area contributed by atoms with Gasteiger partial charge in [0.15, 0.2) is 0 Å². The van der Waals surface area contributed by atoms with Gasteiger partial charge in [-0.3, -0.25) is 0 Å². The second kappa shape index (κ2) is 5.10. The van der Waals surface area contributed by atoms with E-state index in [0.29, 0.717) is 18.3 Å². The van der Waals surface area contributed by atoms with E-state index in [0.717, 1.165) is 26.1 Å². The highest BCUT2D eigenvalue weighted by atomic mass is 16.5. The second-order valence-corrected chi connectivity index (χ2v) is 4.28. The molecule has 2 heterocycles. The molecular formula is C11H20O3. The Morgan fingerprint density at radius 1 is 1.14 bits per heavy atom. The Balaban J connectivity index is 1.67. The Kier molecular flexibility index (Phi) is 3.79. The number of methoxy groups -OCH3 is 1. The highest BCUT2D eigenvalue weighted by Gasteiger charge is 2.28. The van der Waals surface area contributed by atoms with Gasteiger partial charge in [-0.2, -0.15) is 0 Å². The van der Waals surface area contributed by atoms with E-state index in [2.05, 4.69) is 0 Å². The van der Waals surface area contributed by atoms with E-state index in [4.69, 9.17) is 14.2 Å². The zero-order valence-corrected chi connectivity index (χ0v) is 8.91.